The van der Waals surface area contributed by atoms with Crippen LogP contribution in [0.4, 0.5) is 11.6 Å². The van der Waals surface area contributed by atoms with Crippen LogP contribution in [0.5, 0.6) is 0 Å². The fourth-order valence-electron chi connectivity index (χ4n) is 2.95. The lowest BCUT2D eigenvalue weighted by Gasteiger charge is -2.08. The zero-order valence-electron chi connectivity index (χ0n) is 15.7. The molecule has 0 amide bonds. The summed E-state index contributed by atoms with van der Waals surface area (Å²) >= 11 is 6.21. The molecule has 30 heavy (non-hydrogen) atoms. The molecule has 0 aliphatic heterocycles. The molecule has 0 atom stereocenters. The maximum atomic E-state index is 6.21. The van der Waals surface area contributed by atoms with E-state index in [1.165, 1.54) is 0 Å². The number of nitrogens with one attached hydrogen (secondary N) is 1. The third-order valence-corrected chi connectivity index (χ3v) is 4.76. The first-order chi connectivity index (χ1) is 14.7. The highest BCUT2D eigenvalue weighted by atomic mass is 35.5. The van der Waals surface area contributed by atoms with E-state index in [0.717, 1.165) is 11.3 Å². The van der Waals surface area contributed by atoms with Crippen molar-refractivity contribution in [1.29, 1.82) is 0 Å². The van der Waals surface area contributed by atoms with Gasteiger partial charge in [0.15, 0.2) is 5.82 Å². The highest BCUT2D eigenvalue weighted by Crippen LogP contribution is 2.25. The molecule has 0 unspecified atom stereocenters. The number of pyridine rings is 1. The fraction of sp³-hybridized carbons (Fsp3) is 0.0500. The average molecular weight is 416 g/mol. The molecule has 0 saturated heterocycles. The van der Waals surface area contributed by atoms with Crippen LogP contribution in [0, 0.1) is 6.92 Å². The van der Waals surface area contributed by atoms with Gasteiger partial charge in [0.25, 0.3) is 5.78 Å². The molecule has 0 fully saturated rings. The number of rotatable bonds is 4. The molecule has 0 spiro atoms. The van der Waals surface area contributed by atoms with Crippen molar-refractivity contribution in [3.63, 3.8) is 0 Å². The highest BCUT2D eigenvalue weighted by Gasteiger charge is 2.15. The van der Waals surface area contributed by atoms with Gasteiger partial charge in [0.2, 0.25) is 5.95 Å². The van der Waals surface area contributed by atoms with E-state index in [1.54, 1.807) is 35.2 Å². The minimum atomic E-state index is 0.400. The Bertz CT molecular complexity index is 1350. The zero-order chi connectivity index (χ0) is 20.5. The minimum absolute atomic E-state index is 0.400. The Kier molecular flexibility index (Phi) is 4.49. The molecule has 1 aromatic carbocycles. The summed E-state index contributed by atoms with van der Waals surface area (Å²) in [4.78, 5) is 17.4. The summed E-state index contributed by atoms with van der Waals surface area (Å²) in [6, 6.07) is 12.9. The number of para-hydroxylation sites is 1. The van der Waals surface area contributed by atoms with Crippen LogP contribution in [-0.4, -0.2) is 39.7 Å². The maximum absolute atomic E-state index is 6.21. The lowest BCUT2D eigenvalue weighted by Crippen LogP contribution is -2.05. The zero-order valence-corrected chi connectivity index (χ0v) is 16.5. The van der Waals surface area contributed by atoms with Gasteiger partial charge in [-0.2, -0.15) is 9.50 Å². The van der Waals surface area contributed by atoms with Crippen LogP contribution in [0.15, 0.2) is 61.1 Å². The van der Waals surface area contributed by atoms with E-state index in [2.05, 4.69) is 40.5 Å². The van der Waals surface area contributed by atoms with Gasteiger partial charge in [-0.05, 0) is 37.3 Å². The van der Waals surface area contributed by atoms with Crippen LogP contribution < -0.4 is 5.32 Å². The first-order valence-electron chi connectivity index (χ1n) is 9.04. The van der Waals surface area contributed by atoms with Crippen LogP contribution >= 0.6 is 11.6 Å². The summed E-state index contributed by atoms with van der Waals surface area (Å²) in [7, 11) is 0. The van der Waals surface area contributed by atoms with Crippen LogP contribution in [0.2, 0.25) is 5.02 Å². The van der Waals surface area contributed by atoms with E-state index >= 15 is 0 Å². The van der Waals surface area contributed by atoms with Crippen LogP contribution in [0.25, 0.3) is 28.6 Å². The molecule has 10 heteroatoms. The number of fused-ring (bicyclic) bond motifs is 1. The predicted octanol–water partition coefficient (Wildman–Crippen LogP) is 3.74. The first-order valence-corrected chi connectivity index (χ1v) is 9.42. The van der Waals surface area contributed by atoms with Gasteiger partial charge in [0.1, 0.15) is 5.69 Å². The Morgan fingerprint density at radius 2 is 1.87 bits per heavy atom. The monoisotopic (exact) mass is 415 g/mol. The summed E-state index contributed by atoms with van der Waals surface area (Å²) in [6.07, 6.45) is 5.05. The van der Waals surface area contributed by atoms with E-state index in [-0.39, 0.29) is 0 Å². The number of halogens is 1. The normalized spacial score (nSPS) is 11.0. The Balaban J connectivity index is 1.53. The third kappa shape index (κ3) is 3.31. The van der Waals surface area contributed by atoms with Gasteiger partial charge in [0.05, 0.1) is 22.1 Å². The molecule has 1 N–H and O–H groups in total. The molecule has 5 rings (SSSR count). The Labute approximate surface area is 175 Å². The molecule has 0 aliphatic carbocycles. The predicted molar refractivity (Wildman–Crippen MR) is 112 cm³/mol. The summed E-state index contributed by atoms with van der Waals surface area (Å²) in [6.45, 7) is 1.89. The number of hydrogen-bond donors (Lipinski definition) is 1. The number of anilines is 2. The van der Waals surface area contributed by atoms with Crippen molar-refractivity contribution in [3.8, 4) is 22.8 Å². The minimum Gasteiger partial charge on any atom is -0.323 e. The number of aromatic nitrogens is 8. The molecule has 4 aromatic heterocycles. The van der Waals surface area contributed by atoms with Crippen LogP contribution in [0.1, 0.15) is 5.69 Å². The standard InChI is InChI=1S/C20H14ClN9/c1-12-17(16-8-10-23-19(25-16)24-15-7-3-2-6-14(15)21)27-28-20-26-18(29-30(12)20)13-5-4-9-22-11-13/h2-11H,1H3,(H,23,24,25). The average Bonchev–Trinajstić information content (AvgIpc) is 3.22. The molecular weight excluding hydrogens is 402 g/mol. The quantitative estimate of drug-likeness (QED) is 0.473. The molecule has 0 bridgehead atoms. The Morgan fingerprint density at radius 1 is 0.967 bits per heavy atom. The number of nitrogens with zero attached hydrogens (tertiary/aromatic N) is 8. The van der Waals surface area contributed by atoms with Gasteiger partial charge in [0, 0.05) is 24.2 Å². The van der Waals surface area contributed by atoms with E-state index in [0.29, 0.717) is 39.6 Å². The SMILES string of the molecule is Cc1c(-c2ccnc(Nc3ccccc3Cl)n2)nnc2nc(-c3cccnc3)nn12. The van der Waals surface area contributed by atoms with E-state index < -0.39 is 0 Å². The lowest BCUT2D eigenvalue weighted by molar-refractivity contribution is 0.851. The molecular formula is C20H14ClN9. The van der Waals surface area contributed by atoms with Crippen molar-refractivity contribution in [2.75, 3.05) is 5.32 Å². The van der Waals surface area contributed by atoms with Crippen LogP contribution in [0.3, 0.4) is 0 Å². The Morgan fingerprint density at radius 3 is 2.70 bits per heavy atom. The molecule has 146 valence electrons. The molecule has 4 heterocycles. The molecule has 0 aliphatic rings. The summed E-state index contributed by atoms with van der Waals surface area (Å²) in [5, 5.41) is 16.8. The van der Waals surface area contributed by atoms with Gasteiger partial charge in [-0.15, -0.1) is 15.3 Å². The topological polar surface area (TPSA) is 107 Å². The molecule has 0 radical (unpaired) electrons. The van der Waals surface area contributed by atoms with Crippen molar-refractivity contribution < 1.29 is 0 Å². The van der Waals surface area contributed by atoms with Crippen molar-refractivity contribution in [2.24, 2.45) is 0 Å². The number of benzene rings is 1. The van der Waals surface area contributed by atoms with Gasteiger partial charge in [-0.25, -0.2) is 9.97 Å². The summed E-state index contributed by atoms with van der Waals surface area (Å²) < 4.78 is 1.65. The molecule has 0 saturated carbocycles. The molecule has 9 nitrogen and oxygen atoms in total. The maximum Gasteiger partial charge on any atom is 0.272 e. The van der Waals surface area contributed by atoms with E-state index in [4.69, 9.17) is 11.6 Å². The molecule has 5 aromatic rings. The van der Waals surface area contributed by atoms with Gasteiger partial charge in [-0.3, -0.25) is 4.98 Å². The Hall–Kier alpha value is -3.98. The van der Waals surface area contributed by atoms with E-state index in [9.17, 15) is 0 Å². The second-order valence-corrected chi connectivity index (χ2v) is 6.80. The third-order valence-electron chi connectivity index (χ3n) is 4.43. The number of aryl methyl sites for hydroxylation is 1. The highest BCUT2D eigenvalue weighted by molar-refractivity contribution is 6.33. The van der Waals surface area contributed by atoms with Crippen molar-refractivity contribution in [1.82, 2.24) is 39.7 Å². The summed E-state index contributed by atoms with van der Waals surface area (Å²) in [5.74, 6) is 1.33. The lowest BCUT2D eigenvalue weighted by atomic mass is 10.2. The smallest absolute Gasteiger partial charge is 0.272 e. The van der Waals surface area contributed by atoms with Crippen LogP contribution in [-0.2, 0) is 0 Å². The fourth-order valence-corrected chi connectivity index (χ4v) is 3.13. The van der Waals surface area contributed by atoms with E-state index in [1.807, 2.05) is 37.3 Å². The van der Waals surface area contributed by atoms with Gasteiger partial charge < -0.3 is 5.32 Å². The summed E-state index contributed by atoms with van der Waals surface area (Å²) in [5.41, 5.74) is 3.45. The van der Waals surface area contributed by atoms with Crippen molar-refractivity contribution >= 4 is 29.0 Å². The second-order valence-electron chi connectivity index (χ2n) is 6.39. The number of hydrogen-bond acceptors (Lipinski definition) is 8. The largest absolute Gasteiger partial charge is 0.323 e. The van der Waals surface area contributed by atoms with Gasteiger partial charge in [-0.1, -0.05) is 23.7 Å². The van der Waals surface area contributed by atoms with Gasteiger partial charge >= 0.3 is 0 Å². The second kappa shape index (κ2) is 7.45. The van der Waals surface area contributed by atoms with Crippen molar-refractivity contribution in [3.05, 3.63) is 71.8 Å². The first kappa shape index (κ1) is 18.1. The van der Waals surface area contributed by atoms with Crippen molar-refractivity contribution in [2.45, 2.75) is 6.92 Å².